The molecule has 0 aromatic carbocycles. The predicted octanol–water partition coefficient (Wildman–Crippen LogP) is 0.752. The van der Waals surface area contributed by atoms with E-state index in [0.717, 1.165) is 17.7 Å². The SMILES string of the molecule is CNC(=O)CCc1sc[n+](Cc2cnc(C)nc2N)c1C. The lowest BCUT2D eigenvalue weighted by atomic mass is 10.2. The number of carbonyl (C=O) groups excluding carboxylic acids is 1. The van der Waals surface area contributed by atoms with Crippen LogP contribution in [0.2, 0.25) is 0 Å². The summed E-state index contributed by atoms with van der Waals surface area (Å²) in [5, 5.41) is 2.64. The summed E-state index contributed by atoms with van der Waals surface area (Å²) < 4.78 is 2.12. The van der Waals surface area contributed by atoms with Crippen LogP contribution in [-0.4, -0.2) is 22.9 Å². The molecule has 112 valence electrons. The second-order valence-electron chi connectivity index (χ2n) is 4.86. The minimum atomic E-state index is 0.0607. The van der Waals surface area contributed by atoms with Crippen molar-refractivity contribution in [1.82, 2.24) is 15.3 Å². The minimum absolute atomic E-state index is 0.0607. The lowest BCUT2D eigenvalue weighted by molar-refractivity contribution is -0.689. The number of nitrogens with two attached hydrogens (primary N) is 1. The van der Waals surface area contributed by atoms with Crippen molar-refractivity contribution < 1.29 is 9.36 Å². The normalized spacial score (nSPS) is 10.6. The van der Waals surface area contributed by atoms with Crippen molar-refractivity contribution in [1.29, 1.82) is 0 Å². The van der Waals surface area contributed by atoms with E-state index in [2.05, 4.69) is 26.8 Å². The molecule has 0 saturated heterocycles. The van der Waals surface area contributed by atoms with Gasteiger partial charge in [-0.05, 0) is 13.3 Å². The number of nitrogens with zero attached hydrogens (tertiary/aromatic N) is 3. The summed E-state index contributed by atoms with van der Waals surface area (Å²) in [5.74, 6) is 1.26. The molecule has 21 heavy (non-hydrogen) atoms. The van der Waals surface area contributed by atoms with Crippen molar-refractivity contribution in [3.05, 3.63) is 33.7 Å². The molecule has 3 N–H and O–H groups in total. The molecular formula is C14H20N5OS+. The molecule has 0 aliphatic carbocycles. The van der Waals surface area contributed by atoms with E-state index >= 15 is 0 Å². The third kappa shape index (κ3) is 3.75. The van der Waals surface area contributed by atoms with Crippen molar-refractivity contribution in [2.45, 2.75) is 33.2 Å². The van der Waals surface area contributed by atoms with Crippen LogP contribution in [0.4, 0.5) is 5.82 Å². The summed E-state index contributed by atoms with van der Waals surface area (Å²) in [6.07, 6.45) is 3.03. The Labute approximate surface area is 128 Å². The highest BCUT2D eigenvalue weighted by atomic mass is 32.1. The molecule has 0 saturated carbocycles. The number of aromatic nitrogens is 3. The van der Waals surface area contributed by atoms with Gasteiger partial charge in [0.15, 0.2) is 12.2 Å². The Kier molecular flexibility index (Phi) is 4.85. The monoisotopic (exact) mass is 306 g/mol. The van der Waals surface area contributed by atoms with Gasteiger partial charge in [0.25, 0.3) is 0 Å². The topological polar surface area (TPSA) is 84.8 Å². The van der Waals surface area contributed by atoms with Crippen LogP contribution in [0.25, 0.3) is 0 Å². The van der Waals surface area contributed by atoms with E-state index in [4.69, 9.17) is 5.73 Å². The van der Waals surface area contributed by atoms with E-state index in [1.807, 2.05) is 12.4 Å². The number of nitrogen functional groups attached to an aromatic ring is 1. The summed E-state index contributed by atoms with van der Waals surface area (Å²) in [5.41, 5.74) is 10.0. The summed E-state index contributed by atoms with van der Waals surface area (Å²) in [6, 6.07) is 0. The number of nitrogens with one attached hydrogen (secondary N) is 1. The van der Waals surface area contributed by atoms with E-state index in [-0.39, 0.29) is 5.91 Å². The van der Waals surface area contributed by atoms with E-state index in [1.54, 1.807) is 24.6 Å². The molecule has 0 bridgehead atoms. The van der Waals surface area contributed by atoms with Gasteiger partial charge in [0.1, 0.15) is 11.6 Å². The second kappa shape index (κ2) is 6.62. The Balaban J connectivity index is 2.11. The van der Waals surface area contributed by atoms with Crippen LogP contribution in [0, 0.1) is 13.8 Å². The highest BCUT2D eigenvalue weighted by Gasteiger charge is 2.18. The number of hydrogen-bond acceptors (Lipinski definition) is 5. The Hall–Kier alpha value is -2.02. The van der Waals surface area contributed by atoms with Crippen molar-refractivity contribution in [2.75, 3.05) is 12.8 Å². The van der Waals surface area contributed by atoms with Gasteiger partial charge in [-0.2, -0.15) is 4.57 Å². The predicted molar refractivity (Wildman–Crippen MR) is 81.9 cm³/mol. The number of thiazole rings is 1. The van der Waals surface area contributed by atoms with Crippen LogP contribution in [0.1, 0.15) is 28.4 Å². The molecule has 2 aromatic rings. The van der Waals surface area contributed by atoms with Gasteiger partial charge < -0.3 is 11.1 Å². The average Bonchev–Trinajstić information content (AvgIpc) is 2.80. The molecule has 2 aromatic heterocycles. The van der Waals surface area contributed by atoms with Gasteiger partial charge in [-0.25, -0.2) is 9.97 Å². The largest absolute Gasteiger partial charge is 0.383 e. The zero-order valence-corrected chi connectivity index (χ0v) is 13.3. The second-order valence-corrected chi connectivity index (χ2v) is 5.80. The van der Waals surface area contributed by atoms with Crippen molar-refractivity contribution in [2.24, 2.45) is 0 Å². The molecule has 2 heterocycles. The first-order valence-corrected chi connectivity index (χ1v) is 7.64. The minimum Gasteiger partial charge on any atom is -0.383 e. The zero-order valence-electron chi connectivity index (χ0n) is 12.5. The molecule has 0 unspecified atom stereocenters. The van der Waals surface area contributed by atoms with Crippen LogP contribution >= 0.6 is 11.3 Å². The summed E-state index contributed by atoms with van der Waals surface area (Å²) in [6.45, 7) is 4.52. The van der Waals surface area contributed by atoms with E-state index < -0.39 is 0 Å². The van der Waals surface area contributed by atoms with Gasteiger partial charge in [-0.1, -0.05) is 11.3 Å². The van der Waals surface area contributed by atoms with Crippen molar-refractivity contribution in [3.8, 4) is 0 Å². The molecular weight excluding hydrogens is 286 g/mol. The first-order chi connectivity index (χ1) is 10.0. The van der Waals surface area contributed by atoms with Gasteiger partial charge in [-0.3, -0.25) is 4.79 Å². The van der Waals surface area contributed by atoms with Crippen LogP contribution < -0.4 is 15.6 Å². The third-order valence-electron chi connectivity index (χ3n) is 3.37. The molecule has 6 nitrogen and oxygen atoms in total. The Bertz CT molecular complexity index is 653. The number of carbonyl (C=O) groups is 1. The number of hydrogen-bond donors (Lipinski definition) is 2. The van der Waals surface area contributed by atoms with Crippen LogP contribution in [-0.2, 0) is 17.8 Å². The fourth-order valence-electron chi connectivity index (χ4n) is 2.02. The van der Waals surface area contributed by atoms with Gasteiger partial charge in [-0.15, -0.1) is 0 Å². The molecule has 0 aliphatic rings. The standard InChI is InChI=1S/C14H19N5OS/c1-9-12(4-5-13(20)16-3)21-8-19(9)7-11-6-17-10(2)18-14(11)15/h6,8H,4-5,7H2,1-3H3,(H2-,15,16,17,18,20)/p+1. The van der Waals surface area contributed by atoms with Gasteiger partial charge in [0.2, 0.25) is 11.4 Å². The van der Waals surface area contributed by atoms with Crippen molar-refractivity contribution >= 4 is 23.1 Å². The van der Waals surface area contributed by atoms with Crippen molar-refractivity contribution in [3.63, 3.8) is 0 Å². The number of aryl methyl sites for hydroxylation is 2. The molecule has 0 radical (unpaired) electrons. The maximum Gasteiger partial charge on any atom is 0.225 e. The fourth-order valence-corrected chi connectivity index (χ4v) is 3.01. The lowest BCUT2D eigenvalue weighted by Gasteiger charge is -2.02. The lowest BCUT2D eigenvalue weighted by Crippen LogP contribution is -2.35. The third-order valence-corrected chi connectivity index (χ3v) is 4.52. The summed E-state index contributed by atoms with van der Waals surface area (Å²) in [4.78, 5) is 20.9. The quantitative estimate of drug-likeness (QED) is 0.798. The molecule has 7 heteroatoms. The fraction of sp³-hybridized carbons (Fsp3) is 0.429. The summed E-state index contributed by atoms with van der Waals surface area (Å²) in [7, 11) is 1.66. The molecule has 0 atom stereocenters. The van der Waals surface area contributed by atoms with E-state index in [1.165, 1.54) is 4.88 Å². The van der Waals surface area contributed by atoms with Crippen LogP contribution in [0.15, 0.2) is 11.7 Å². The number of rotatable bonds is 5. The molecule has 2 rings (SSSR count). The zero-order chi connectivity index (χ0) is 15.4. The van der Waals surface area contributed by atoms with Gasteiger partial charge in [0.05, 0.1) is 10.4 Å². The van der Waals surface area contributed by atoms with E-state index in [0.29, 0.717) is 24.6 Å². The highest BCUT2D eigenvalue weighted by Crippen LogP contribution is 2.15. The molecule has 0 spiro atoms. The molecule has 0 aliphatic heterocycles. The maximum absolute atomic E-state index is 11.3. The smallest absolute Gasteiger partial charge is 0.225 e. The number of amides is 1. The molecule has 0 fully saturated rings. The summed E-state index contributed by atoms with van der Waals surface area (Å²) >= 11 is 1.66. The Morgan fingerprint density at radius 1 is 1.48 bits per heavy atom. The Morgan fingerprint density at radius 3 is 2.90 bits per heavy atom. The Morgan fingerprint density at radius 2 is 2.24 bits per heavy atom. The first-order valence-electron chi connectivity index (χ1n) is 6.76. The molecule has 1 amide bonds. The van der Waals surface area contributed by atoms with E-state index in [9.17, 15) is 4.79 Å². The maximum atomic E-state index is 11.3. The average molecular weight is 306 g/mol. The van der Waals surface area contributed by atoms with Crippen LogP contribution in [0.5, 0.6) is 0 Å². The first kappa shape index (κ1) is 15.4. The highest BCUT2D eigenvalue weighted by molar-refractivity contribution is 7.09. The van der Waals surface area contributed by atoms with Crippen LogP contribution in [0.3, 0.4) is 0 Å². The number of anilines is 1. The van der Waals surface area contributed by atoms with Gasteiger partial charge >= 0.3 is 0 Å². The van der Waals surface area contributed by atoms with Gasteiger partial charge in [0, 0.05) is 26.6 Å².